The summed E-state index contributed by atoms with van der Waals surface area (Å²) in [5.74, 6) is 1.84. The summed E-state index contributed by atoms with van der Waals surface area (Å²) >= 11 is 0. The minimum absolute atomic E-state index is 0.459. The topological polar surface area (TPSA) is 59.7 Å². The van der Waals surface area contributed by atoms with Gasteiger partial charge in [0.25, 0.3) is 0 Å². The number of imidazole rings is 1. The van der Waals surface area contributed by atoms with Crippen LogP contribution in [0.3, 0.4) is 0 Å². The van der Waals surface area contributed by atoms with Gasteiger partial charge >= 0.3 is 0 Å². The number of rotatable bonds is 3. The highest BCUT2D eigenvalue weighted by molar-refractivity contribution is 5.54. The summed E-state index contributed by atoms with van der Waals surface area (Å²) in [5.41, 5.74) is 1.11. The maximum Gasteiger partial charge on any atom is 0.225 e. The molecule has 6 heteroatoms. The van der Waals surface area contributed by atoms with Crippen molar-refractivity contribution in [2.75, 3.05) is 18.0 Å². The SMILES string of the molecule is c1cnc(N2CCC(n3ccnc3-c3ccncc3)CC2)nc1. The highest BCUT2D eigenvalue weighted by atomic mass is 15.3. The fourth-order valence-corrected chi connectivity index (χ4v) is 3.13. The monoisotopic (exact) mass is 306 g/mol. The van der Waals surface area contributed by atoms with E-state index in [0.717, 1.165) is 43.3 Å². The molecule has 0 spiro atoms. The number of hydrogen-bond acceptors (Lipinski definition) is 5. The van der Waals surface area contributed by atoms with E-state index in [-0.39, 0.29) is 0 Å². The fourth-order valence-electron chi connectivity index (χ4n) is 3.13. The lowest BCUT2D eigenvalue weighted by atomic mass is 10.0. The smallest absolute Gasteiger partial charge is 0.225 e. The number of aromatic nitrogens is 5. The van der Waals surface area contributed by atoms with Crippen molar-refractivity contribution in [1.29, 1.82) is 0 Å². The Kier molecular flexibility index (Phi) is 3.71. The Morgan fingerprint density at radius 2 is 1.61 bits per heavy atom. The average Bonchev–Trinajstić information content (AvgIpc) is 3.13. The Balaban J connectivity index is 1.51. The van der Waals surface area contributed by atoms with E-state index in [1.54, 1.807) is 12.4 Å². The third-order valence-electron chi connectivity index (χ3n) is 4.30. The van der Waals surface area contributed by atoms with Gasteiger partial charge in [0.05, 0.1) is 0 Å². The van der Waals surface area contributed by atoms with Crippen LogP contribution in [0.1, 0.15) is 18.9 Å². The molecule has 0 bridgehead atoms. The number of pyridine rings is 1. The summed E-state index contributed by atoms with van der Waals surface area (Å²) < 4.78 is 2.29. The quantitative estimate of drug-likeness (QED) is 0.744. The standard InChI is InChI=1S/C17H18N6/c1-6-20-17(21-7-1)22-11-4-15(5-12-22)23-13-10-19-16(23)14-2-8-18-9-3-14/h1-3,6-10,13,15H,4-5,11-12H2. The molecule has 6 nitrogen and oxygen atoms in total. The predicted molar refractivity (Wildman–Crippen MR) is 88.0 cm³/mol. The molecule has 0 aromatic carbocycles. The summed E-state index contributed by atoms with van der Waals surface area (Å²) in [6.45, 7) is 1.92. The number of nitrogens with zero attached hydrogens (tertiary/aromatic N) is 6. The van der Waals surface area contributed by atoms with E-state index in [2.05, 4.69) is 35.6 Å². The fraction of sp³-hybridized carbons (Fsp3) is 0.294. The zero-order chi connectivity index (χ0) is 15.5. The van der Waals surface area contributed by atoms with Crippen LogP contribution in [0.2, 0.25) is 0 Å². The summed E-state index contributed by atoms with van der Waals surface area (Å²) in [6, 6.07) is 6.32. The van der Waals surface area contributed by atoms with E-state index in [1.165, 1.54) is 0 Å². The van der Waals surface area contributed by atoms with E-state index >= 15 is 0 Å². The van der Waals surface area contributed by atoms with Gasteiger partial charge in [-0.2, -0.15) is 0 Å². The highest BCUT2D eigenvalue weighted by Crippen LogP contribution is 2.28. The molecule has 0 amide bonds. The van der Waals surface area contributed by atoms with Gasteiger partial charge in [0, 0.05) is 61.9 Å². The van der Waals surface area contributed by atoms with Gasteiger partial charge in [0.15, 0.2) is 0 Å². The summed E-state index contributed by atoms with van der Waals surface area (Å²) in [4.78, 5) is 19.6. The molecule has 3 aromatic rings. The average molecular weight is 306 g/mol. The maximum atomic E-state index is 4.54. The van der Waals surface area contributed by atoms with Gasteiger partial charge in [0.1, 0.15) is 5.82 Å². The van der Waals surface area contributed by atoms with Gasteiger partial charge in [-0.1, -0.05) is 0 Å². The first-order valence-electron chi connectivity index (χ1n) is 7.87. The van der Waals surface area contributed by atoms with Crippen molar-refractivity contribution in [1.82, 2.24) is 24.5 Å². The van der Waals surface area contributed by atoms with Crippen LogP contribution in [-0.2, 0) is 0 Å². The molecule has 0 saturated carbocycles. The Hall–Kier alpha value is -2.76. The normalized spacial score (nSPS) is 15.7. The van der Waals surface area contributed by atoms with Crippen LogP contribution in [0.25, 0.3) is 11.4 Å². The van der Waals surface area contributed by atoms with Crippen molar-refractivity contribution < 1.29 is 0 Å². The van der Waals surface area contributed by atoms with Crippen LogP contribution in [0.5, 0.6) is 0 Å². The predicted octanol–water partition coefficient (Wildman–Crippen LogP) is 2.58. The third-order valence-corrected chi connectivity index (χ3v) is 4.30. The molecule has 4 heterocycles. The molecule has 23 heavy (non-hydrogen) atoms. The van der Waals surface area contributed by atoms with Crippen LogP contribution in [-0.4, -0.2) is 37.6 Å². The summed E-state index contributed by atoms with van der Waals surface area (Å²) in [6.07, 6.45) is 13.3. The molecule has 0 radical (unpaired) electrons. The zero-order valence-electron chi connectivity index (χ0n) is 12.8. The molecular formula is C17H18N6. The van der Waals surface area contributed by atoms with E-state index in [9.17, 15) is 0 Å². The number of anilines is 1. The molecule has 0 aliphatic carbocycles. The molecule has 0 unspecified atom stereocenters. The van der Waals surface area contributed by atoms with Crippen molar-refractivity contribution in [3.05, 3.63) is 55.4 Å². The van der Waals surface area contributed by atoms with Gasteiger partial charge in [-0.25, -0.2) is 15.0 Å². The van der Waals surface area contributed by atoms with Crippen LogP contribution >= 0.6 is 0 Å². The first kappa shape index (κ1) is 13.9. The van der Waals surface area contributed by atoms with Gasteiger partial charge < -0.3 is 9.47 Å². The molecule has 1 saturated heterocycles. The van der Waals surface area contributed by atoms with E-state index in [0.29, 0.717) is 6.04 Å². The van der Waals surface area contributed by atoms with Crippen LogP contribution < -0.4 is 4.90 Å². The van der Waals surface area contributed by atoms with Crippen LogP contribution in [0.15, 0.2) is 55.4 Å². The van der Waals surface area contributed by atoms with Crippen molar-refractivity contribution in [3.8, 4) is 11.4 Å². The second-order valence-electron chi connectivity index (χ2n) is 5.66. The Labute approximate surface area is 134 Å². The third kappa shape index (κ3) is 2.79. The lowest BCUT2D eigenvalue weighted by Gasteiger charge is -2.33. The first-order chi connectivity index (χ1) is 11.4. The van der Waals surface area contributed by atoms with E-state index in [1.807, 2.05) is 36.8 Å². The zero-order valence-corrected chi connectivity index (χ0v) is 12.8. The molecular weight excluding hydrogens is 288 g/mol. The molecule has 0 N–H and O–H groups in total. The second-order valence-corrected chi connectivity index (χ2v) is 5.66. The number of hydrogen-bond donors (Lipinski definition) is 0. The van der Waals surface area contributed by atoms with Crippen LogP contribution in [0, 0.1) is 0 Å². The van der Waals surface area contributed by atoms with Crippen LogP contribution in [0.4, 0.5) is 5.95 Å². The van der Waals surface area contributed by atoms with Gasteiger partial charge in [-0.15, -0.1) is 0 Å². The molecule has 0 atom stereocenters. The van der Waals surface area contributed by atoms with E-state index < -0.39 is 0 Å². The lowest BCUT2D eigenvalue weighted by molar-refractivity contribution is 0.396. The largest absolute Gasteiger partial charge is 0.341 e. The minimum Gasteiger partial charge on any atom is -0.341 e. The van der Waals surface area contributed by atoms with Gasteiger partial charge in [0.2, 0.25) is 5.95 Å². The highest BCUT2D eigenvalue weighted by Gasteiger charge is 2.23. The molecule has 4 rings (SSSR count). The van der Waals surface area contributed by atoms with Gasteiger partial charge in [-0.3, -0.25) is 4.98 Å². The van der Waals surface area contributed by atoms with Crippen molar-refractivity contribution in [3.63, 3.8) is 0 Å². The summed E-state index contributed by atoms with van der Waals surface area (Å²) in [5, 5.41) is 0. The first-order valence-corrected chi connectivity index (χ1v) is 7.87. The van der Waals surface area contributed by atoms with Crippen molar-refractivity contribution in [2.24, 2.45) is 0 Å². The Morgan fingerprint density at radius 3 is 2.35 bits per heavy atom. The molecule has 1 aliphatic heterocycles. The maximum absolute atomic E-state index is 4.54. The Bertz CT molecular complexity index is 747. The molecule has 116 valence electrons. The number of piperidine rings is 1. The van der Waals surface area contributed by atoms with E-state index in [4.69, 9.17) is 0 Å². The van der Waals surface area contributed by atoms with Gasteiger partial charge in [-0.05, 0) is 31.0 Å². The summed E-state index contributed by atoms with van der Waals surface area (Å²) in [7, 11) is 0. The Morgan fingerprint density at radius 1 is 0.870 bits per heavy atom. The second kappa shape index (κ2) is 6.16. The molecule has 3 aromatic heterocycles. The van der Waals surface area contributed by atoms with Crippen molar-refractivity contribution in [2.45, 2.75) is 18.9 Å². The lowest BCUT2D eigenvalue weighted by Crippen LogP contribution is -2.35. The molecule has 1 aliphatic rings. The molecule has 1 fully saturated rings. The minimum atomic E-state index is 0.459. The van der Waals surface area contributed by atoms with Crippen molar-refractivity contribution >= 4 is 5.95 Å².